The molecule has 120 valence electrons. The number of anilines is 1. The third-order valence-corrected chi connectivity index (χ3v) is 3.71. The van der Waals surface area contributed by atoms with Gasteiger partial charge in [-0.15, -0.1) is 0 Å². The van der Waals surface area contributed by atoms with Crippen molar-refractivity contribution in [3.8, 4) is 17.9 Å². The van der Waals surface area contributed by atoms with Crippen molar-refractivity contribution in [2.75, 3.05) is 12.3 Å². The number of nitrogens with two attached hydrogens (primary N) is 1. The van der Waals surface area contributed by atoms with Crippen LogP contribution in [0.2, 0.25) is 0 Å². The predicted molar refractivity (Wildman–Crippen MR) is 98.7 cm³/mol. The van der Waals surface area contributed by atoms with Gasteiger partial charge in [-0.2, -0.15) is 5.26 Å². The molecule has 0 saturated heterocycles. The van der Waals surface area contributed by atoms with Gasteiger partial charge in [0.15, 0.2) is 0 Å². The van der Waals surface area contributed by atoms with Crippen LogP contribution in [0.5, 0.6) is 0 Å². The van der Waals surface area contributed by atoms with Crippen molar-refractivity contribution in [1.82, 2.24) is 5.32 Å². The van der Waals surface area contributed by atoms with Crippen molar-refractivity contribution in [1.29, 1.82) is 5.26 Å². The third-order valence-electron chi connectivity index (χ3n) is 3.71. The van der Waals surface area contributed by atoms with Crippen LogP contribution in [-0.4, -0.2) is 12.5 Å². The number of fused-ring (bicyclic) bond motifs is 1. The average Bonchev–Trinajstić information content (AvgIpc) is 2.65. The molecule has 0 aliphatic heterocycles. The summed E-state index contributed by atoms with van der Waals surface area (Å²) >= 11 is 0. The Morgan fingerprint density at radius 1 is 0.960 bits per heavy atom. The highest BCUT2D eigenvalue weighted by Crippen LogP contribution is 2.17. The lowest BCUT2D eigenvalue weighted by Gasteiger charge is -2.01. The molecule has 0 aliphatic rings. The van der Waals surface area contributed by atoms with E-state index >= 15 is 0 Å². The topological polar surface area (TPSA) is 78.9 Å². The van der Waals surface area contributed by atoms with E-state index in [2.05, 4.69) is 23.2 Å². The fourth-order valence-corrected chi connectivity index (χ4v) is 2.40. The molecule has 0 atom stereocenters. The lowest BCUT2D eigenvalue weighted by atomic mass is 10.0. The second kappa shape index (κ2) is 7.21. The molecule has 0 unspecified atom stereocenters. The smallest absolute Gasteiger partial charge is 0.252 e. The van der Waals surface area contributed by atoms with Gasteiger partial charge in [-0.05, 0) is 59.3 Å². The zero-order valence-corrected chi connectivity index (χ0v) is 13.4. The molecular weight excluding hydrogens is 310 g/mol. The Bertz CT molecular complexity index is 1030. The first-order chi connectivity index (χ1) is 12.2. The van der Waals surface area contributed by atoms with Crippen LogP contribution in [0.3, 0.4) is 0 Å². The van der Waals surface area contributed by atoms with Gasteiger partial charge in [0.25, 0.3) is 5.91 Å². The number of nitrogens with one attached hydrogen (secondary N) is 1. The van der Waals surface area contributed by atoms with Gasteiger partial charge in [0.1, 0.15) is 0 Å². The summed E-state index contributed by atoms with van der Waals surface area (Å²) in [7, 11) is 0. The highest BCUT2D eigenvalue weighted by atomic mass is 16.1. The van der Waals surface area contributed by atoms with Crippen LogP contribution in [0.25, 0.3) is 10.8 Å². The zero-order chi connectivity index (χ0) is 17.6. The average molecular weight is 325 g/mol. The number of hydrogen-bond donors (Lipinski definition) is 2. The third kappa shape index (κ3) is 3.96. The largest absolute Gasteiger partial charge is 0.399 e. The predicted octanol–water partition coefficient (Wildman–Crippen LogP) is 3.08. The minimum Gasteiger partial charge on any atom is -0.399 e. The van der Waals surface area contributed by atoms with Gasteiger partial charge in [0.05, 0.1) is 18.2 Å². The van der Waals surface area contributed by atoms with Crippen LogP contribution < -0.4 is 11.1 Å². The molecule has 3 N–H and O–H groups in total. The number of amides is 1. The normalized spacial score (nSPS) is 9.72. The summed E-state index contributed by atoms with van der Waals surface area (Å²) in [5.41, 5.74) is 8.27. The number of hydrogen-bond acceptors (Lipinski definition) is 3. The van der Waals surface area contributed by atoms with Crippen LogP contribution in [0.4, 0.5) is 5.69 Å². The summed E-state index contributed by atoms with van der Waals surface area (Å²) < 4.78 is 0. The molecule has 0 fully saturated rings. The standard InChI is InChI=1S/C21H15N3O/c22-14-16-4-6-18-12-15(3-5-19(18)13-16)2-1-11-24-21(25)17-7-9-20(23)10-8-17/h3-10,12-13H,11,23H2,(H,24,25). The van der Waals surface area contributed by atoms with Crippen molar-refractivity contribution in [2.45, 2.75) is 0 Å². The van der Waals surface area contributed by atoms with Crippen LogP contribution in [0.15, 0.2) is 60.7 Å². The van der Waals surface area contributed by atoms with Crippen LogP contribution >= 0.6 is 0 Å². The molecule has 0 heterocycles. The van der Waals surface area contributed by atoms with Crippen molar-refractivity contribution >= 4 is 22.4 Å². The van der Waals surface area contributed by atoms with Gasteiger partial charge in [-0.25, -0.2) is 0 Å². The Kier molecular flexibility index (Phi) is 4.65. The minimum atomic E-state index is -0.183. The van der Waals surface area contributed by atoms with E-state index in [0.717, 1.165) is 16.3 Å². The number of benzene rings is 3. The number of rotatable bonds is 2. The fourth-order valence-electron chi connectivity index (χ4n) is 2.40. The van der Waals surface area contributed by atoms with E-state index in [1.165, 1.54) is 0 Å². The van der Waals surface area contributed by atoms with Gasteiger partial charge >= 0.3 is 0 Å². The lowest BCUT2D eigenvalue weighted by molar-refractivity contribution is 0.0958. The summed E-state index contributed by atoms with van der Waals surface area (Å²) in [6, 6.07) is 20.2. The fraction of sp³-hybridized carbons (Fsp3) is 0.0476. The van der Waals surface area contributed by atoms with Crippen LogP contribution in [0.1, 0.15) is 21.5 Å². The Morgan fingerprint density at radius 3 is 2.28 bits per heavy atom. The molecule has 4 heteroatoms. The zero-order valence-electron chi connectivity index (χ0n) is 13.4. The molecule has 3 aromatic carbocycles. The molecule has 1 amide bonds. The molecule has 0 saturated carbocycles. The molecular formula is C21H15N3O. The second-order valence-corrected chi connectivity index (χ2v) is 5.49. The van der Waals surface area contributed by atoms with E-state index in [-0.39, 0.29) is 12.5 Å². The summed E-state index contributed by atoms with van der Waals surface area (Å²) in [4.78, 5) is 12.0. The van der Waals surface area contributed by atoms with E-state index in [1.54, 1.807) is 30.3 Å². The summed E-state index contributed by atoms with van der Waals surface area (Å²) in [6.07, 6.45) is 0. The molecule has 0 aliphatic carbocycles. The van der Waals surface area contributed by atoms with Gasteiger partial charge in [-0.1, -0.05) is 24.0 Å². The minimum absolute atomic E-state index is 0.183. The molecule has 3 rings (SSSR count). The molecule has 0 bridgehead atoms. The number of carbonyl (C=O) groups is 1. The quantitative estimate of drug-likeness (QED) is 0.561. The number of nitrogens with zero attached hydrogens (tertiary/aromatic N) is 1. The monoisotopic (exact) mass is 325 g/mol. The van der Waals surface area contributed by atoms with E-state index < -0.39 is 0 Å². The van der Waals surface area contributed by atoms with Crippen molar-refractivity contribution < 1.29 is 4.79 Å². The maximum absolute atomic E-state index is 12.0. The van der Waals surface area contributed by atoms with Gasteiger partial charge in [-0.3, -0.25) is 4.79 Å². The maximum Gasteiger partial charge on any atom is 0.252 e. The van der Waals surface area contributed by atoms with Gasteiger partial charge in [0, 0.05) is 16.8 Å². The van der Waals surface area contributed by atoms with Gasteiger partial charge in [0.2, 0.25) is 0 Å². The number of nitrogen functional groups attached to an aromatic ring is 1. The Hall–Kier alpha value is -3.76. The summed E-state index contributed by atoms with van der Waals surface area (Å²) in [5.74, 6) is 5.79. The highest BCUT2D eigenvalue weighted by molar-refractivity contribution is 5.94. The summed E-state index contributed by atoms with van der Waals surface area (Å²) in [6.45, 7) is 0.259. The number of nitriles is 1. The molecule has 4 nitrogen and oxygen atoms in total. The first-order valence-corrected chi connectivity index (χ1v) is 7.72. The Morgan fingerprint density at radius 2 is 1.60 bits per heavy atom. The molecule has 0 spiro atoms. The lowest BCUT2D eigenvalue weighted by Crippen LogP contribution is -2.23. The summed E-state index contributed by atoms with van der Waals surface area (Å²) in [5, 5.41) is 13.7. The van der Waals surface area contributed by atoms with Crippen LogP contribution in [-0.2, 0) is 0 Å². The Balaban J connectivity index is 1.65. The maximum atomic E-state index is 12.0. The molecule has 3 aromatic rings. The first kappa shape index (κ1) is 16.1. The SMILES string of the molecule is N#Cc1ccc2cc(C#CCNC(=O)c3ccc(N)cc3)ccc2c1. The number of carbonyl (C=O) groups excluding carboxylic acids is 1. The van der Waals surface area contributed by atoms with Crippen molar-refractivity contribution in [2.24, 2.45) is 0 Å². The second-order valence-electron chi connectivity index (χ2n) is 5.49. The first-order valence-electron chi connectivity index (χ1n) is 7.72. The van der Waals surface area contributed by atoms with E-state index in [4.69, 9.17) is 11.0 Å². The highest BCUT2D eigenvalue weighted by Gasteiger charge is 2.02. The van der Waals surface area contributed by atoms with E-state index in [1.807, 2.05) is 30.3 Å². The van der Waals surface area contributed by atoms with Gasteiger partial charge < -0.3 is 11.1 Å². The van der Waals surface area contributed by atoms with E-state index in [0.29, 0.717) is 16.8 Å². The van der Waals surface area contributed by atoms with Crippen LogP contribution in [0, 0.1) is 23.2 Å². The Labute approximate surface area is 145 Å². The molecule has 0 radical (unpaired) electrons. The van der Waals surface area contributed by atoms with Crippen molar-refractivity contribution in [3.63, 3.8) is 0 Å². The van der Waals surface area contributed by atoms with E-state index in [9.17, 15) is 4.79 Å². The molecule has 25 heavy (non-hydrogen) atoms. The van der Waals surface area contributed by atoms with Crippen molar-refractivity contribution in [3.05, 3.63) is 77.4 Å². The molecule has 0 aromatic heterocycles.